The van der Waals surface area contributed by atoms with Gasteiger partial charge in [-0.3, -0.25) is 9.59 Å². The maximum absolute atomic E-state index is 13.2. The molecule has 1 unspecified atom stereocenters. The Morgan fingerprint density at radius 3 is 2.47 bits per heavy atom. The van der Waals surface area contributed by atoms with Crippen molar-refractivity contribution in [3.8, 4) is 11.9 Å². The van der Waals surface area contributed by atoms with Gasteiger partial charge in [-0.2, -0.15) is 5.26 Å². The molecule has 1 fully saturated rings. The van der Waals surface area contributed by atoms with Gasteiger partial charge in [-0.25, -0.2) is 9.97 Å². The number of hydrogen-bond acceptors (Lipinski definition) is 6. The van der Waals surface area contributed by atoms with Crippen LogP contribution in [0.5, 0.6) is 5.88 Å². The summed E-state index contributed by atoms with van der Waals surface area (Å²) in [6.45, 7) is 0.827. The standard InChI is InChI=1S/C23H18N4O3/c24-14-20-22(26-12-11-25-20)30-17-10-13-27(15-17)23(29)19-9-5-4-8-18(19)21(28)16-6-2-1-3-7-16/h1-9,11-12,17H,10,13,15H2. The van der Waals surface area contributed by atoms with E-state index in [1.54, 1.807) is 53.4 Å². The highest BCUT2D eigenvalue weighted by Gasteiger charge is 2.31. The molecule has 1 amide bonds. The summed E-state index contributed by atoms with van der Waals surface area (Å²) in [5.41, 5.74) is 1.39. The minimum absolute atomic E-state index is 0.112. The Balaban J connectivity index is 1.51. The number of amides is 1. The molecule has 7 heteroatoms. The number of likely N-dealkylation sites (tertiary alicyclic amines) is 1. The van der Waals surface area contributed by atoms with Gasteiger partial charge in [0.2, 0.25) is 5.69 Å². The molecule has 0 radical (unpaired) electrons. The summed E-state index contributed by atoms with van der Waals surface area (Å²) in [5, 5.41) is 9.13. The average Bonchev–Trinajstić information content (AvgIpc) is 3.27. The molecular formula is C23H18N4O3. The predicted octanol–water partition coefficient (Wildman–Crippen LogP) is 2.87. The van der Waals surface area contributed by atoms with E-state index in [9.17, 15) is 9.59 Å². The summed E-state index contributed by atoms with van der Waals surface area (Å²) in [5.74, 6) is -0.246. The van der Waals surface area contributed by atoms with E-state index in [2.05, 4.69) is 9.97 Å². The Hall–Kier alpha value is -4.05. The number of aromatic nitrogens is 2. The molecule has 0 aliphatic carbocycles. The highest BCUT2D eigenvalue weighted by atomic mass is 16.5. The molecule has 3 aromatic rings. The number of benzene rings is 2. The smallest absolute Gasteiger partial charge is 0.254 e. The molecule has 1 aliphatic rings. The molecule has 0 spiro atoms. The molecule has 0 N–H and O–H groups in total. The van der Waals surface area contributed by atoms with Crippen LogP contribution in [0.2, 0.25) is 0 Å². The minimum Gasteiger partial charge on any atom is -0.470 e. The maximum atomic E-state index is 13.2. The van der Waals surface area contributed by atoms with Crippen LogP contribution < -0.4 is 4.74 Å². The number of hydrogen-bond donors (Lipinski definition) is 0. The van der Waals surface area contributed by atoms with Crippen molar-refractivity contribution in [2.75, 3.05) is 13.1 Å². The molecule has 4 rings (SSSR count). The maximum Gasteiger partial charge on any atom is 0.254 e. The summed E-state index contributed by atoms with van der Waals surface area (Å²) in [4.78, 5) is 35.7. The molecule has 2 aromatic carbocycles. The molecule has 1 atom stereocenters. The van der Waals surface area contributed by atoms with E-state index in [1.807, 2.05) is 12.1 Å². The lowest BCUT2D eigenvalue weighted by atomic mass is 9.97. The molecule has 2 heterocycles. The van der Waals surface area contributed by atoms with E-state index >= 15 is 0 Å². The number of ether oxygens (including phenoxy) is 1. The first kappa shape index (κ1) is 19.3. The van der Waals surface area contributed by atoms with Crippen LogP contribution in [0, 0.1) is 11.3 Å². The SMILES string of the molecule is N#Cc1nccnc1OC1CCN(C(=O)c2ccccc2C(=O)c2ccccc2)C1. The van der Waals surface area contributed by atoms with Gasteiger partial charge in [-0.1, -0.05) is 48.5 Å². The van der Waals surface area contributed by atoms with Crippen molar-refractivity contribution in [1.29, 1.82) is 5.26 Å². The highest BCUT2D eigenvalue weighted by Crippen LogP contribution is 2.22. The fourth-order valence-corrected chi connectivity index (χ4v) is 3.44. The van der Waals surface area contributed by atoms with Gasteiger partial charge in [0.25, 0.3) is 11.8 Å². The van der Waals surface area contributed by atoms with Crippen LogP contribution in [0.4, 0.5) is 0 Å². The number of carbonyl (C=O) groups excluding carboxylic acids is 2. The van der Waals surface area contributed by atoms with E-state index in [0.29, 0.717) is 36.2 Å². The average molecular weight is 398 g/mol. The van der Waals surface area contributed by atoms with Crippen LogP contribution in [-0.4, -0.2) is 45.8 Å². The van der Waals surface area contributed by atoms with Gasteiger partial charge in [0, 0.05) is 36.5 Å². The highest BCUT2D eigenvalue weighted by molar-refractivity contribution is 6.15. The molecular weight excluding hydrogens is 380 g/mol. The van der Waals surface area contributed by atoms with Crippen molar-refractivity contribution < 1.29 is 14.3 Å². The Morgan fingerprint density at radius 2 is 1.70 bits per heavy atom. The van der Waals surface area contributed by atoms with Crippen molar-refractivity contribution in [2.45, 2.75) is 12.5 Å². The molecule has 7 nitrogen and oxygen atoms in total. The molecule has 30 heavy (non-hydrogen) atoms. The predicted molar refractivity (Wildman–Crippen MR) is 108 cm³/mol. The molecule has 1 aliphatic heterocycles. The van der Waals surface area contributed by atoms with Gasteiger partial charge < -0.3 is 9.64 Å². The van der Waals surface area contributed by atoms with Gasteiger partial charge in [-0.05, 0) is 6.07 Å². The van der Waals surface area contributed by atoms with Crippen LogP contribution in [0.25, 0.3) is 0 Å². The monoisotopic (exact) mass is 398 g/mol. The lowest BCUT2D eigenvalue weighted by Gasteiger charge is -2.18. The van der Waals surface area contributed by atoms with Crippen molar-refractivity contribution in [1.82, 2.24) is 14.9 Å². The summed E-state index contributed by atoms with van der Waals surface area (Å²) >= 11 is 0. The number of ketones is 1. The second-order valence-electron chi connectivity index (χ2n) is 6.84. The fourth-order valence-electron chi connectivity index (χ4n) is 3.44. The zero-order chi connectivity index (χ0) is 20.9. The van der Waals surface area contributed by atoms with Gasteiger partial charge >= 0.3 is 0 Å². The Morgan fingerprint density at radius 1 is 1.00 bits per heavy atom. The zero-order valence-corrected chi connectivity index (χ0v) is 16.1. The summed E-state index contributed by atoms with van der Waals surface area (Å²) in [7, 11) is 0. The second kappa shape index (κ2) is 8.53. The first-order valence-corrected chi connectivity index (χ1v) is 9.53. The quantitative estimate of drug-likeness (QED) is 0.613. The third-order valence-electron chi connectivity index (χ3n) is 4.92. The third-order valence-corrected chi connectivity index (χ3v) is 4.92. The zero-order valence-electron chi connectivity index (χ0n) is 16.1. The van der Waals surface area contributed by atoms with Crippen LogP contribution in [0.15, 0.2) is 67.0 Å². The summed E-state index contributed by atoms with van der Waals surface area (Å²) in [6.07, 6.45) is 3.19. The van der Waals surface area contributed by atoms with Crippen LogP contribution in [-0.2, 0) is 0 Å². The molecule has 148 valence electrons. The van der Waals surface area contributed by atoms with E-state index in [-0.39, 0.29) is 29.4 Å². The van der Waals surface area contributed by atoms with E-state index in [4.69, 9.17) is 10.00 Å². The first-order chi connectivity index (χ1) is 14.7. The van der Waals surface area contributed by atoms with Crippen molar-refractivity contribution in [3.05, 3.63) is 89.4 Å². The van der Waals surface area contributed by atoms with Crippen molar-refractivity contribution in [2.24, 2.45) is 0 Å². The van der Waals surface area contributed by atoms with Crippen molar-refractivity contribution >= 4 is 11.7 Å². The van der Waals surface area contributed by atoms with E-state index < -0.39 is 0 Å². The normalized spacial score (nSPS) is 15.4. The van der Waals surface area contributed by atoms with Gasteiger partial charge in [-0.15, -0.1) is 0 Å². The van der Waals surface area contributed by atoms with Crippen LogP contribution in [0.1, 0.15) is 38.4 Å². The number of carbonyl (C=O) groups is 2. The number of rotatable bonds is 5. The molecule has 0 saturated carbocycles. The van der Waals surface area contributed by atoms with Gasteiger partial charge in [0.05, 0.1) is 12.1 Å². The lowest BCUT2D eigenvalue weighted by Crippen LogP contribution is -2.32. The minimum atomic E-state index is -0.297. The van der Waals surface area contributed by atoms with Crippen LogP contribution in [0.3, 0.4) is 0 Å². The van der Waals surface area contributed by atoms with Gasteiger partial charge in [0.15, 0.2) is 5.78 Å². The summed E-state index contributed by atoms with van der Waals surface area (Å²) in [6, 6.07) is 17.7. The topological polar surface area (TPSA) is 96.2 Å². The fraction of sp³-hybridized carbons (Fsp3) is 0.174. The molecule has 1 saturated heterocycles. The summed E-state index contributed by atoms with van der Waals surface area (Å²) < 4.78 is 5.80. The van der Waals surface area contributed by atoms with Gasteiger partial charge in [0.1, 0.15) is 12.2 Å². The van der Waals surface area contributed by atoms with E-state index in [0.717, 1.165) is 0 Å². The number of nitrogens with zero attached hydrogens (tertiary/aromatic N) is 4. The van der Waals surface area contributed by atoms with Crippen molar-refractivity contribution in [3.63, 3.8) is 0 Å². The lowest BCUT2D eigenvalue weighted by molar-refractivity contribution is 0.0766. The largest absolute Gasteiger partial charge is 0.470 e. The first-order valence-electron chi connectivity index (χ1n) is 9.53. The molecule has 0 bridgehead atoms. The second-order valence-corrected chi connectivity index (χ2v) is 6.84. The van der Waals surface area contributed by atoms with E-state index in [1.165, 1.54) is 12.4 Å². The Labute approximate surface area is 173 Å². The Kier molecular flexibility index (Phi) is 5.48. The third kappa shape index (κ3) is 3.89. The molecule has 1 aromatic heterocycles. The van der Waals surface area contributed by atoms with Crippen LogP contribution >= 0.6 is 0 Å². The number of nitriles is 1. The Bertz CT molecular complexity index is 1120.